The fourth-order valence-electron chi connectivity index (χ4n) is 1.20. The highest BCUT2D eigenvalue weighted by Crippen LogP contribution is 2.26. The summed E-state index contributed by atoms with van der Waals surface area (Å²) in [5, 5.41) is 3.75. The van der Waals surface area contributed by atoms with Gasteiger partial charge in [0.15, 0.2) is 0 Å². The lowest BCUT2D eigenvalue weighted by Gasteiger charge is -2.09. The van der Waals surface area contributed by atoms with Crippen LogP contribution in [0, 0.1) is 0 Å². The third kappa shape index (κ3) is 4.56. The van der Waals surface area contributed by atoms with E-state index in [2.05, 4.69) is 34.7 Å². The molecule has 0 aliphatic carbocycles. The highest BCUT2D eigenvalue weighted by atomic mass is 79.9. The van der Waals surface area contributed by atoms with Crippen molar-refractivity contribution in [2.75, 3.05) is 13.2 Å². The van der Waals surface area contributed by atoms with Gasteiger partial charge in [0, 0.05) is 11.6 Å². The number of ether oxygens (including phenoxy) is 1. The molecule has 0 bridgehead atoms. The molecule has 0 spiro atoms. The van der Waals surface area contributed by atoms with Crippen LogP contribution in [0.3, 0.4) is 0 Å². The van der Waals surface area contributed by atoms with Gasteiger partial charge in [-0.2, -0.15) is 0 Å². The summed E-state index contributed by atoms with van der Waals surface area (Å²) in [4.78, 5) is 0. The van der Waals surface area contributed by atoms with Crippen molar-refractivity contribution in [3.05, 3.63) is 39.8 Å². The molecular formula is C12H15BrClNO. The van der Waals surface area contributed by atoms with Crippen LogP contribution in [0.5, 0.6) is 5.75 Å². The van der Waals surface area contributed by atoms with Crippen LogP contribution >= 0.6 is 27.5 Å². The Balaban J connectivity index is 2.63. The molecule has 0 radical (unpaired) electrons. The molecule has 1 rings (SSSR count). The normalized spacial score (nSPS) is 10.2. The first kappa shape index (κ1) is 13.6. The van der Waals surface area contributed by atoms with Gasteiger partial charge in [0.2, 0.25) is 0 Å². The number of hydrogen-bond donors (Lipinski definition) is 1. The smallest absolute Gasteiger partial charge is 0.134 e. The molecule has 0 aliphatic rings. The Morgan fingerprint density at radius 1 is 1.56 bits per heavy atom. The van der Waals surface area contributed by atoms with E-state index >= 15 is 0 Å². The van der Waals surface area contributed by atoms with Gasteiger partial charge in [-0.3, -0.25) is 0 Å². The maximum atomic E-state index is 5.64. The summed E-state index contributed by atoms with van der Waals surface area (Å²) < 4.78 is 6.39. The van der Waals surface area contributed by atoms with E-state index < -0.39 is 0 Å². The Morgan fingerprint density at radius 3 is 2.88 bits per heavy atom. The fraction of sp³-hybridized carbons (Fsp3) is 0.333. The lowest BCUT2D eigenvalue weighted by Crippen LogP contribution is -2.11. The summed E-state index contributed by atoms with van der Waals surface area (Å²) in [5.74, 6) is 0.780. The molecule has 88 valence electrons. The van der Waals surface area contributed by atoms with E-state index in [1.807, 2.05) is 18.2 Å². The van der Waals surface area contributed by atoms with E-state index in [1.54, 1.807) is 0 Å². The van der Waals surface area contributed by atoms with Gasteiger partial charge >= 0.3 is 0 Å². The van der Waals surface area contributed by atoms with Gasteiger partial charge < -0.3 is 10.1 Å². The average Bonchev–Trinajstić information content (AvgIpc) is 2.24. The monoisotopic (exact) mass is 303 g/mol. The molecule has 0 unspecified atom stereocenters. The molecule has 16 heavy (non-hydrogen) atoms. The van der Waals surface area contributed by atoms with Crippen molar-refractivity contribution in [1.29, 1.82) is 0 Å². The van der Waals surface area contributed by atoms with Gasteiger partial charge in [0.25, 0.3) is 0 Å². The largest absolute Gasteiger partial charge is 0.487 e. The number of nitrogens with one attached hydrogen (secondary N) is 1. The Hall–Kier alpha value is -0.510. The molecule has 0 fully saturated rings. The predicted octanol–water partition coefficient (Wildman–Crippen LogP) is 3.69. The van der Waals surface area contributed by atoms with Gasteiger partial charge in [-0.25, -0.2) is 0 Å². The van der Waals surface area contributed by atoms with E-state index in [-0.39, 0.29) is 0 Å². The SMILES string of the molecule is C=C(Cl)COc1ccc(CNCC)cc1Br. The molecule has 1 aromatic rings. The van der Waals surface area contributed by atoms with Crippen LogP contribution in [0.1, 0.15) is 12.5 Å². The predicted molar refractivity (Wildman–Crippen MR) is 72.0 cm³/mol. The summed E-state index contributed by atoms with van der Waals surface area (Å²) in [6, 6.07) is 5.99. The second-order valence-corrected chi connectivity index (χ2v) is 4.74. The van der Waals surface area contributed by atoms with Crippen LogP contribution in [-0.4, -0.2) is 13.2 Å². The van der Waals surface area contributed by atoms with Crippen molar-refractivity contribution < 1.29 is 4.74 Å². The molecule has 2 nitrogen and oxygen atoms in total. The van der Waals surface area contributed by atoms with Crippen molar-refractivity contribution in [1.82, 2.24) is 5.32 Å². The maximum Gasteiger partial charge on any atom is 0.134 e. The third-order valence-corrected chi connectivity index (χ3v) is 2.69. The van der Waals surface area contributed by atoms with Gasteiger partial charge in [-0.1, -0.05) is 31.2 Å². The summed E-state index contributed by atoms with van der Waals surface area (Å²) in [5.41, 5.74) is 1.21. The minimum absolute atomic E-state index is 0.326. The number of rotatable bonds is 6. The van der Waals surface area contributed by atoms with Crippen LogP contribution in [-0.2, 0) is 6.54 Å². The van der Waals surface area contributed by atoms with E-state index in [0.29, 0.717) is 11.6 Å². The molecule has 0 aromatic heterocycles. The molecule has 0 atom stereocenters. The second kappa shape index (κ2) is 6.94. The minimum Gasteiger partial charge on any atom is -0.487 e. The van der Waals surface area contributed by atoms with Gasteiger partial charge in [0.05, 0.1) is 4.47 Å². The first-order valence-electron chi connectivity index (χ1n) is 5.08. The van der Waals surface area contributed by atoms with Crippen molar-refractivity contribution in [3.63, 3.8) is 0 Å². The van der Waals surface area contributed by atoms with Crippen LogP contribution < -0.4 is 10.1 Å². The molecule has 0 saturated carbocycles. The molecule has 0 aliphatic heterocycles. The van der Waals surface area contributed by atoms with Crippen LogP contribution in [0.25, 0.3) is 0 Å². The Bertz CT molecular complexity index is 368. The van der Waals surface area contributed by atoms with E-state index in [0.717, 1.165) is 23.3 Å². The third-order valence-electron chi connectivity index (χ3n) is 1.96. The van der Waals surface area contributed by atoms with E-state index in [9.17, 15) is 0 Å². The molecular weight excluding hydrogens is 289 g/mol. The van der Waals surface area contributed by atoms with E-state index in [4.69, 9.17) is 16.3 Å². The zero-order valence-electron chi connectivity index (χ0n) is 9.22. The number of benzene rings is 1. The average molecular weight is 305 g/mol. The lowest BCUT2D eigenvalue weighted by molar-refractivity contribution is 0.357. The van der Waals surface area contributed by atoms with Crippen molar-refractivity contribution in [3.8, 4) is 5.75 Å². The van der Waals surface area contributed by atoms with Crippen LogP contribution in [0.15, 0.2) is 34.3 Å². The molecule has 1 N–H and O–H groups in total. The van der Waals surface area contributed by atoms with Gasteiger partial charge in [0.1, 0.15) is 12.4 Å². The van der Waals surface area contributed by atoms with Gasteiger partial charge in [-0.05, 0) is 40.2 Å². The molecule has 1 aromatic carbocycles. The standard InChI is InChI=1S/C12H15BrClNO/c1-3-15-7-10-4-5-12(11(13)6-10)16-8-9(2)14/h4-6,15H,2-3,7-8H2,1H3. The van der Waals surface area contributed by atoms with Crippen LogP contribution in [0.4, 0.5) is 0 Å². The molecule has 4 heteroatoms. The van der Waals surface area contributed by atoms with E-state index in [1.165, 1.54) is 5.56 Å². The second-order valence-electron chi connectivity index (χ2n) is 3.35. The minimum atomic E-state index is 0.326. The maximum absolute atomic E-state index is 5.64. The molecule has 0 heterocycles. The highest BCUT2D eigenvalue weighted by Gasteiger charge is 2.02. The first-order chi connectivity index (χ1) is 7.63. The lowest BCUT2D eigenvalue weighted by atomic mass is 10.2. The number of halogens is 2. The zero-order valence-corrected chi connectivity index (χ0v) is 11.6. The first-order valence-corrected chi connectivity index (χ1v) is 6.25. The Labute approximate surface area is 110 Å². The summed E-state index contributed by atoms with van der Waals surface area (Å²) in [7, 11) is 0. The van der Waals surface area contributed by atoms with Crippen molar-refractivity contribution >= 4 is 27.5 Å². The summed E-state index contributed by atoms with van der Waals surface area (Å²) >= 11 is 9.10. The zero-order chi connectivity index (χ0) is 12.0. The van der Waals surface area contributed by atoms with Gasteiger partial charge in [-0.15, -0.1) is 0 Å². The molecule has 0 saturated heterocycles. The number of hydrogen-bond acceptors (Lipinski definition) is 2. The summed E-state index contributed by atoms with van der Waals surface area (Å²) in [6.07, 6.45) is 0. The van der Waals surface area contributed by atoms with Crippen molar-refractivity contribution in [2.45, 2.75) is 13.5 Å². The highest BCUT2D eigenvalue weighted by molar-refractivity contribution is 9.10. The quantitative estimate of drug-likeness (QED) is 0.865. The molecule has 0 amide bonds. The summed E-state index contributed by atoms with van der Waals surface area (Å²) in [6.45, 7) is 7.80. The fourth-order valence-corrected chi connectivity index (χ4v) is 1.79. The van der Waals surface area contributed by atoms with Crippen molar-refractivity contribution in [2.24, 2.45) is 0 Å². The topological polar surface area (TPSA) is 21.3 Å². The Morgan fingerprint density at radius 2 is 2.31 bits per heavy atom. The Kier molecular flexibility index (Phi) is 5.88. The van der Waals surface area contributed by atoms with Crippen LogP contribution in [0.2, 0.25) is 0 Å².